The van der Waals surface area contributed by atoms with Gasteiger partial charge >= 0.3 is 0 Å². The first-order chi connectivity index (χ1) is 18.6. The molecular formula is C30H43N2O6+. The number of aliphatic hydroxyl groups is 1. The van der Waals surface area contributed by atoms with E-state index in [4.69, 9.17) is 24.1 Å². The summed E-state index contributed by atoms with van der Waals surface area (Å²) in [5, 5.41) is 18.8. The zero-order valence-corrected chi connectivity index (χ0v) is 22.5. The lowest BCUT2D eigenvalue weighted by Gasteiger charge is -2.40. The van der Waals surface area contributed by atoms with E-state index in [1.165, 1.54) is 11.1 Å². The van der Waals surface area contributed by atoms with Gasteiger partial charge in [0.2, 0.25) is 0 Å². The molecule has 8 heteroatoms. The Balaban J connectivity index is 1.35. The highest BCUT2D eigenvalue weighted by Crippen LogP contribution is 2.26. The number of anilines is 2. The Labute approximate surface area is 226 Å². The number of nitrogens with zero attached hydrogens (tertiary/aromatic N) is 2. The molecule has 38 heavy (non-hydrogen) atoms. The smallest absolute Gasteiger partial charge is 0.195 e. The molecule has 208 valence electrons. The van der Waals surface area contributed by atoms with Gasteiger partial charge in [0.25, 0.3) is 0 Å². The number of rotatable bonds is 18. The van der Waals surface area contributed by atoms with Crippen LogP contribution in [0.1, 0.15) is 24.5 Å². The number of epoxide rings is 1. The Hall–Kier alpha value is -2.46. The van der Waals surface area contributed by atoms with E-state index in [1.54, 1.807) is 6.08 Å². The molecule has 8 nitrogen and oxygen atoms in total. The fourth-order valence-electron chi connectivity index (χ4n) is 4.57. The molecule has 2 fully saturated rings. The van der Waals surface area contributed by atoms with Gasteiger partial charge in [-0.15, -0.1) is 6.58 Å². The van der Waals surface area contributed by atoms with Crippen molar-refractivity contribution < 1.29 is 29.2 Å². The minimum Gasteiger partial charge on any atom is -0.440 e. The Morgan fingerprint density at radius 2 is 1.68 bits per heavy atom. The van der Waals surface area contributed by atoms with E-state index in [0.717, 1.165) is 44.0 Å². The van der Waals surface area contributed by atoms with Crippen molar-refractivity contribution in [1.29, 1.82) is 0 Å². The monoisotopic (exact) mass is 527 g/mol. The summed E-state index contributed by atoms with van der Waals surface area (Å²) in [6.45, 7) is 10.8. The molecule has 0 radical (unpaired) electrons. The predicted octanol–water partition coefficient (Wildman–Crippen LogP) is 2.73. The van der Waals surface area contributed by atoms with Crippen LogP contribution in [0.15, 0.2) is 61.2 Å². The maximum atomic E-state index is 10.4. The second-order valence-corrected chi connectivity index (χ2v) is 9.97. The molecule has 2 aliphatic heterocycles. The molecule has 2 heterocycles. The fraction of sp³-hybridized carbons (Fsp3) is 0.533. The van der Waals surface area contributed by atoms with Crippen LogP contribution >= 0.6 is 0 Å². The van der Waals surface area contributed by atoms with Crippen LogP contribution in [0.5, 0.6) is 0 Å². The average molecular weight is 528 g/mol. The van der Waals surface area contributed by atoms with Crippen LogP contribution in [-0.2, 0) is 25.4 Å². The highest BCUT2D eigenvalue weighted by molar-refractivity contribution is 5.51. The van der Waals surface area contributed by atoms with E-state index in [1.807, 2.05) is 6.92 Å². The third-order valence-corrected chi connectivity index (χ3v) is 6.74. The largest absolute Gasteiger partial charge is 0.440 e. The quantitative estimate of drug-likeness (QED) is 0.138. The molecule has 4 rings (SSSR count). The van der Waals surface area contributed by atoms with E-state index in [0.29, 0.717) is 32.9 Å². The molecule has 3 N–H and O–H groups in total. The molecule has 0 saturated carbocycles. The standard InChI is InChI=1S/C30H42N2O6/c1-3-14-36-21-28(34)18-32(30-13-15-37-30)26-11-7-24(8-12-26)16-23-5-9-25(10-6-23)31(19-29-22-38-29)17-27(33)20-35-4-2/h3,5-12,27-30,33-34H,1,4,13-22H2,2H3/p+1/t27?,28?,29?,30-/m1/s1. The van der Waals surface area contributed by atoms with Crippen LogP contribution in [0.4, 0.5) is 11.4 Å². The first kappa shape index (κ1) is 28.5. The predicted molar refractivity (Wildman–Crippen MR) is 150 cm³/mol. The van der Waals surface area contributed by atoms with E-state index in [9.17, 15) is 5.11 Å². The van der Waals surface area contributed by atoms with Crippen molar-refractivity contribution in [2.45, 2.75) is 44.3 Å². The SMILES string of the molecule is C=CCOCC(O)CN(c1ccc(Cc2ccc(N(CC([OH2+])COCC)CC3CO3)cc2)cc1)[C@H]1CCO1. The number of ether oxygens (including phenoxy) is 4. The van der Waals surface area contributed by atoms with Crippen molar-refractivity contribution in [3.05, 3.63) is 72.3 Å². The van der Waals surface area contributed by atoms with Crippen LogP contribution < -0.4 is 9.80 Å². The van der Waals surface area contributed by atoms with Crippen LogP contribution in [-0.4, -0.2) is 94.0 Å². The molecule has 2 saturated heterocycles. The summed E-state index contributed by atoms with van der Waals surface area (Å²) >= 11 is 0. The zero-order valence-electron chi connectivity index (χ0n) is 22.5. The average Bonchev–Trinajstić information content (AvgIpc) is 3.71. The van der Waals surface area contributed by atoms with Gasteiger partial charge in [0.15, 0.2) is 6.10 Å². The topological polar surface area (TPSA) is 89.8 Å². The first-order valence-electron chi connectivity index (χ1n) is 13.6. The van der Waals surface area contributed by atoms with Gasteiger partial charge < -0.3 is 39.0 Å². The number of benzene rings is 2. The van der Waals surface area contributed by atoms with Gasteiger partial charge in [-0.3, -0.25) is 0 Å². The summed E-state index contributed by atoms with van der Waals surface area (Å²) < 4.78 is 22.0. The third kappa shape index (κ3) is 8.80. The highest BCUT2D eigenvalue weighted by atomic mass is 16.6. The Kier molecular flexibility index (Phi) is 11.0. The molecule has 0 aliphatic carbocycles. The molecular weight excluding hydrogens is 484 g/mol. The molecule has 4 atom stereocenters. The number of aliphatic hydroxyl groups excluding tert-OH is 1. The molecule has 3 unspecified atom stereocenters. The van der Waals surface area contributed by atoms with Gasteiger partial charge in [-0.25, -0.2) is 0 Å². The summed E-state index contributed by atoms with van der Waals surface area (Å²) in [7, 11) is 0. The minimum atomic E-state index is -0.604. The van der Waals surface area contributed by atoms with Crippen LogP contribution in [0.25, 0.3) is 0 Å². The van der Waals surface area contributed by atoms with Gasteiger partial charge in [-0.2, -0.15) is 0 Å². The Morgan fingerprint density at radius 1 is 1.03 bits per heavy atom. The van der Waals surface area contributed by atoms with Crippen molar-refractivity contribution in [2.24, 2.45) is 0 Å². The summed E-state index contributed by atoms with van der Waals surface area (Å²) in [5.74, 6) is 0. The fourth-order valence-corrected chi connectivity index (χ4v) is 4.57. The van der Waals surface area contributed by atoms with Crippen molar-refractivity contribution in [3.63, 3.8) is 0 Å². The van der Waals surface area contributed by atoms with E-state index < -0.39 is 6.10 Å². The maximum absolute atomic E-state index is 10.4. The van der Waals surface area contributed by atoms with Crippen molar-refractivity contribution in [3.8, 4) is 0 Å². The van der Waals surface area contributed by atoms with Crippen molar-refractivity contribution in [1.82, 2.24) is 0 Å². The molecule has 0 aromatic heterocycles. The summed E-state index contributed by atoms with van der Waals surface area (Å²) in [6.07, 6.45) is 2.81. The zero-order chi connectivity index (χ0) is 26.7. The molecule has 0 amide bonds. The molecule has 2 aromatic carbocycles. The number of hydrogen-bond donors (Lipinski definition) is 1. The summed E-state index contributed by atoms with van der Waals surface area (Å²) in [6, 6.07) is 17.1. The van der Waals surface area contributed by atoms with E-state index in [-0.39, 0.29) is 25.0 Å². The van der Waals surface area contributed by atoms with E-state index in [2.05, 4.69) is 64.9 Å². The normalized spacial score (nSPS) is 19.9. The third-order valence-electron chi connectivity index (χ3n) is 6.74. The lowest BCUT2D eigenvalue weighted by molar-refractivity contribution is -0.0571. The Morgan fingerprint density at radius 3 is 2.24 bits per heavy atom. The molecule has 0 bridgehead atoms. The van der Waals surface area contributed by atoms with E-state index >= 15 is 0 Å². The second-order valence-electron chi connectivity index (χ2n) is 9.97. The summed E-state index contributed by atoms with van der Waals surface area (Å²) in [4.78, 5) is 4.36. The summed E-state index contributed by atoms with van der Waals surface area (Å²) in [5.41, 5.74) is 4.60. The minimum absolute atomic E-state index is 0.0108. The van der Waals surface area contributed by atoms with Gasteiger partial charge in [0, 0.05) is 37.5 Å². The Bertz CT molecular complexity index is 962. The second kappa shape index (κ2) is 14.6. The van der Waals surface area contributed by atoms with Crippen molar-refractivity contribution >= 4 is 11.4 Å². The lowest BCUT2D eigenvalue weighted by Crippen LogP contribution is -2.48. The highest BCUT2D eigenvalue weighted by Gasteiger charge is 2.29. The van der Waals surface area contributed by atoms with Gasteiger partial charge in [0.1, 0.15) is 12.8 Å². The van der Waals surface area contributed by atoms with Crippen molar-refractivity contribution in [2.75, 3.05) is 69.1 Å². The van der Waals surface area contributed by atoms with Crippen LogP contribution in [0, 0.1) is 0 Å². The molecule has 2 aromatic rings. The van der Waals surface area contributed by atoms with Gasteiger partial charge in [0.05, 0.1) is 45.2 Å². The number of hydrogen-bond acceptors (Lipinski definition) is 7. The first-order valence-corrected chi connectivity index (χ1v) is 13.6. The molecule has 0 spiro atoms. The van der Waals surface area contributed by atoms with Gasteiger partial charge in [-0.05, 0) is 48.7 Å². The lowest BCUT2D eigenvalue weighted by atomic mass is 10.0. The van der Waals surface area contributed by atoms with Gasteiger partial charge in [-0.1, -0.05) is 30.3 Å². The molecule has 2 aliphatic rings. The van der Waals surface area contributed by atoms with Crippen LogP contribution in [0.2, 0.25) is 0 Å². The van der Waals surface area contributed by atoms with Crippen LogP contribution in [0.3, 0.4) is 0 Å². The maximum Gasteiger partial charge on any atom is 0.195 e.